The quantitative estimate of drug-likeness (QED) is 0.604. The summed E-state index contributed by atoms with van der Waals surface area (Å²) in [6.07, 6.45) is -0.304. The fraction of sp³-hybridized carbons (Fsp3) is 0.200. The Labute approximate surface area is 96.2 Å². The van der Waals surface area contributed by atoms with Gasteiger partial charge in [0, 0.05) is 13.0 Å². The van der Waals surface area contributed by atoms with Gasteiger partial charge in [-0.1, -0.05) is 6.07 Å². The maximum absolute atomic E-state index is 10.8. The van der Waals surface area contributed by atoms with Crippen LogP contribution in [0.15, 0.2) is 18.2 Å². The number of hydrogen-bond donors (Lipinski definition) is 2. The van der Waals surface area contributed by atoms with Crippen molar-refractivity contribution >= 4 is 23.3 Å². The monoisotopic (exact) mass is 238 g/mol. The molecule has 2 N–H and O–H groups in total. The number of aliphatic carboxylic acids is 1. The lowest BCUT2D eigenvalue weighted by Gasteiger charge is -2.04. The Hall–Kier alpha value is -2.44. The van der Waals surface area contributed by atoms with Crippen molar-refractivity contribution in [2.24, 2.45) is 0 Å². The van der Waals surface area contributed by atoms with E-state index >= 15 is 0 Å². The highest BCUT2D eigenvalue weighted by molar-refractivity contribution is 5.91. The summed E-state index contributed by atoms with van der Waals surface area (Å²) in [6, 6.07) is 3.88. The maximum atomic E-state index is 10.8. The van der Waals surface area contributed by atoms with Gasteiger partial charge in [-0.25, -0.2) is 0 Å². The number of carbonyl (C=O) groups excluding carboxylic acids is 1. The molecule has 0 unspecified atom stereocenters. The minimum absolute atomic E-state index is 0.0524. The molecule has 7 nitrogen and oxygen atoms in total. The molecular weight excluding hydrogens is 228 g/mol. The maximum Gasteiger partial charge on any atom is 0.307 e. The lowest BCUT2D eigenvalue weighted by molar-refractivity contribution is -0.384. The second-order valence-corrected chi connectivity index (χ2v) is 3.36. The SMILES string of the molecule is CC(=O)Nc1ccc(CC(=O)O)cc1[N+](=O)[O-]. The highest BCUT2D eigenvalue weighted by Crippen LogP contribution is 2.25. The van der Waals surface area contributed by atoms with Gasteiger partial charge < -0.3 is 10.4 Å². The number of benzene rings is 1. The van der Waals surface area contributed by atoms with E-state index in [1.165, 1.54) is 19.1 Å². The first-order valence-corrected chi connectivity index (χ1v) is 4.67. The van der Waals surface area contributed by atoms with Crippen LogP contribution in [0.2, 0.25) is 0 Å². The average molecular weight is 238 g/mol. The fourth-order valence-electron chi connectivity index (χ4n) is 1.31. The summed E-state index contributed by atoms with van der Waals surface area (Å²) in [5.41, 5.74) is 0.0360. The van der Waals surface area contributed by atoms with Crippen molar-refractivity contribution in [2.45, 2.75) is 13.3 Å². The van der Waals surface area contributed by atoms with Gasteiger partial charge in [-0.3, -0.25) is 19.7 Å². The predicted octanol–water partition coefficient (Wildman–Crippen LogP) is 1.18. The second-order valence-electron chi connectivity index (χ2n) is 3.36. The number of nitrogens with zero attached hydrogens (tertiary/aromatic N) is 1. The van der Waals surface area contributed by atoms with Crippen molar-refractivity contribution in [3.05, 3.63) is 33.9 Å². The van der Waals surface area contributed by atoms with Gasteiger partial charge in [0.05, 0.1) is 11.3 Å². The van der Waals surface area contributed by atoms with Crippen LogP contribution in [0.4, 0.5) is 11.4 Å². The molecule has 0 radical (unpaired) electrons. The van der Waals surface area contributed by atoms with Crippen molar-refractivity contribution in [2.75, 3.05) is 5.32 Å². The van der Waals surface area contributed by atoms with Gasteiger partial charge in [0.25, 0.3) is 5.69 Å². The largest absolute Gasteiger partial charge is 0.481 e. The summed E-state index contributed by atoms with van der Waals surface area (Å²) in [7, 11) is 0. The van der Waals surface area contributed by atoms with Crippen LogP contribution in [0.25, 0.3) is 0 Å². The van der Waals surface area contributed by atoms with Crippen molar-refractivity contribution in [3.63, 3.8) is 0 Å². The van der Waals surface area contributed by atoms with Crippen LogP contribution in [-0.2, 0) is 16.0 Å². The van der Waals surface area contributed by atoms with E-state index in [1.54, 1.807) is 0 Å². The predicted molar refractivity (Wildman–Crippen MR) is 58.7 cm³/mol. The third kappa shape index (κ3) is 3.56. The molecule has 0 atom stereocenters. The average Bonchev–Trinajstić information content (AvgIpc) is 2.18. The molecule has 0 saturated carbocycles. The molecule has 1 aromatic rings. The minimum Gasteiger partial charge on any atom is -0.481 e. The smallest absolute Gasteiger partial charge is 0.307 e. The third-order valence-electron chi connectivity index (χ3n) is 1.92. The molecule has 1 aromatic carbocycles. The minimum atomic E-state index is -1.08. The van der Waals surface area contributed by atoms with E-state index in [0.29, 0.717) is 5.56 Å². The third-order valence-corrected chi connectivity index (χ3v) is 1.92. The van der Waals surface area contributed by atoms with Gasteiger partial charge in [0.2, 0.25) is 5.91 Å². The van der Waals surface area contributed by atoms with Gasteiger partial charge >= 0.3 is 5.97 Å². The molecule has 0 spiro atoms. The van der Waals surface area contributed by atoms with Crippen molar-refractivity contribution in [3.8, 4) is 0 Å². The first-order valence-electron chi connectivity index (χ1n) is 4.67. The number of anilines is 1. The molecule has 0 aliphatic rings. The molecule has 90 valence electrons. The van der Waals surface area contributed by atoms with Crippen LogP contribution >= 0.6 is 0 Å². The number of rotatable bonds is 4. The van der Waals surface area contributed by atoms with Gasteiger partial charge in [-0.05, 0) is 11.6 Å². The van der Waals surface area contributed by atoms with Gasteiger partial charge in [-0.2, -0.15) is 0 Å². The first-order chi connectivity index (χ1) is 7.90. The molecule has 0 saturated heterocycles. The first kappa shape index (κ1) is 12.6. The van der Waals surface area contributed by atoms with E-state index in [0.717, 1.165) is 6.07 Å². The molecule has 1 rings (SSSR count). The number of carboxylic acids is 1. The summed E-state index contributed by atoms with van der Waals surface area (Å²) in [5, 5.41) is 21.6. The zero-order valence-electron chi connectivity index (χ0n) is 8.97. The highest BCUT2D eigenvalue weighted by atomic mass is 16.6. The van der Waals surface area contributed by atoms with Crippen LogP contribution in [0.3, 0.4) is 0 Å². The van der Waals surface area contributed by atoms with E-state index in [4.69, 9.17) is 5.11 Å². The molecule has 7 heteroatoms. The van der Waals surface area contributed by atoms with E-state index in [-0.39, 0.29) is 17.8 Å². The Balaban J connectivity index is 3.12. The topological polar surface area (TPSA) is 110 Å². The zero-order chi connectivity index (χ0) is 13.0. The molecular formula is C10H10N2O5. The molecule has 0 aliphatic heterocycles. The van der Waals surface area contributed by atoms with Crippen molar-refractivity contribution in [1.29, 1.82) is 0 Å². The normalized spacial score (nSPS) is 9.71. The Kier molecular flexibility index (Phi) is 3.76. The fourth-order valence-corrected chi connectivity index (χ4v) is 1.31. The van der Waals surface area contributed by atoms with Gasteiger partial charge in [0.15, 0.2) is 0 Å². The number of nitro groups is 1. The van der Waals surface area contributed by atoms with Crippen molar-refractivity contribution in [1.82, 2.24) is 0 Å². The van der Waals surface area contributed by atoms with Gasteiger partial charge in [0.1, 0.15) is 5.69 Å². The van der Waals surface area contributed by atoms with Gasteiger partial charge in [-0.15, -0.1) is 0 Å². The summed E-state index contributed by atoms with van der Waals surface area (Å²) < 4.78 is 0. The van der Waals surface area contributed by atoms with Crippen LogP contribution in [0.1, 0.15) is 12.5 Å². The van der Waals surface area contributed by atoms with Crippen LogP contribution in [0.5, 0.6) is 0 Å². The number of carbonyl (C=O) groups is 2. The Morgan fingerprint density at radius 2 is 2.12 bits per heavy atom. The zero-order valence-corrected chi connectivity index (χ0v) is 8.97. The highest BCUT2D eigenvalue weighted by Gasteiger charge is 2.16. The van der Waals surface area contributed by atoms with E-state index in [2.05, 4.69) is 5.32 Å². The Morgan fingerprint density at radius 3 is 2.59 bits per heavy atom. The summed E-state index contributed by atoms with van der Waals surface area (Å²) in [6.45, 7) is 1.23. The number of nitrogens with one attached hydrogen (secondary N) is 1. The molecule has 0 bridgehead atoms. The van der Waals surface area contributed by atoms with E-state index < -0.39 is 16.8 Å². The van der Waals surface area contributed by atoms with Crippen LogP contribution in [-0.4, -0.2) is 21.9 Å². The molecule has 1 amide bonds. The Bertz CT molecular complexity index is 484. The van der Waals surface area contributed by atoms with Crippen molar-refractivity contribution < 1.29 is 19.6 Å². The van der Waals surface area contributed by atoms with Crippen LogP contribution < -0.4 is 5.32 Å². The summed E-state index contributed by atoms with van der Waals surface area (Å²) >= 11 is 0. The lowest BCUT2D eigenvalue weighted by atomic mass is 10.1. The molecule has 0 aromatic heterocycles. The van der Waals surface area contributed by atoms with E-state index in [9.17, 15) is 19.7 Å². The van der Waals surface area contributed by atoms with Crippen LogP contribution in [0, 0.1) is 10.1 Å². The summed E-state index contributed by atoms with van der Waals surface area (Å²) in [5.74, 6) is -1.51. The lowest BCUT2D eigenvalue weighted by Crippen LogP contribution is -2.09. The molecule has 0 aliphatic carbocycles. The Morgan fingerprint density at radius 1 is 1.47 bits per heavy atom. The van der Waals surface area contributed by atoms with E-state index in [1.807, 2.05) is 0 Å². The molecule has 17 heavy (non-hydrogen) atoms. The second kappa shape index (κ2) is 5.06. The number of hydrogen-bond acceptors (Lipinski definition) is 4. The number of amides is 1. The standard InChI is InChI=1S/C10H10N2O5/c1-6(13)11-8-3-2-7(5-10(14)15)4-9(8)12(16)17/h2-4H,5H2,1H3,(H,11,13)(H,14,15). The summed E-state index contributed by atoms with van der Waals surface area (Å²) in [4.78, 5) is 31.4. The molecule has 0 fully saturated rings. The number of nitro benzene ring substituents is 1. The number of carboxylic acid groups (broad SMARTS) is 1. The molecule has 0 heterocycles.